The van der Waals surface area contributed by atoms with E-state index in [4.69, 9.17) is 11.6 Å². The van der Waals surface area contributed by atoms with Crippen LogP contribution in [0.15, 0.2) is 23.1 Å². The number of nitrogens with zero attached hydrogens (tertiary/aromatic N) is 1. The maximum Gasteiger partial charge on any atom is 0.245 e. The molecular formula is C11H16ClFN2O2S. The topological polar surface area (TPSA) is 49.4 Å². The lowest BCUT2D eigenvalue weighted by atomic mass is 10.3. The Bertz CT molecular complexity index is 508. The minimum Gasteiger partial charge on any atom is -0.320 e. The maximum atomic E-state index is 13.7. The van der Waals surface area contributed by atoms with E-state index in [1.165, 1.54) is 25.2 Å². The van der Waals surface area contributed by atoms with E-state index < -0.39 is 15.8 Å². The molecule has 102 valence electrons. The molecule has 0 aliphatic carbocycles. The molecule has 0 bridgehead atoms. The largest absolute Gasteiger partial charge is 0.320 e. The Kier molecular flexibility index (Phi) is 5.52. The first-order chi connectivity index (χ1) is 8.41. The van der Waals surface area contributed by atoms with Crippen LogP contribution in [0.2, 0.25) is 5.02 Å². The highest BCUT2D eigenvalue weighted by atomic mass is 35.5. The molecule has 7 heteroatoms. The zero-order valence-corrected chi connectivity index (χ0v) is 11.9. The molecular weight excluding hydrogens is 279 g/mol. The van der Waals surface area contributed by atoms with Crippen LogP contribution in [-0.2, 0) is 10.0 Å². The fraction of sp³-hybridized carbons (Fsp3) is 0.455. The van der Waals surface area contributed by atoms with Crippen LogP contribution in [0.4, 0.5) is 4.39 Å². The molecule has 0 aromatic heterocycles. The molecule has 18 heavy (non-hydrogen) atoms. The molecule has 0 amide bonds. The third-order valence-electron chi connectivity index (χ3n) is 2.50. The monoisotopic (exact) mass is 294 g/mol. The van der Waals surface area contributed by atoms with Crippen molar-refractivity contribution in [2.45, 2.75) is 11.3 Å². The molecule has 0 heterocycles. The lowest BCUT2D eigenvalue weighted by Gasteiger charge is -2.17. The van der Waals surface area contributed by atoms with Crippen LogP contribution in [0.1, 0.15) is 6.42 Å². The third kappa shape index (κ3) is 3.41. The van der Waals surface area contributed by atoms with Gasteiger partial charge in [0.05, 0.1) is 5.02 Å². The summed E-state index contributed by atoms with van der Waals surface area (Å²) in [6.07, 6.45) is 0.647. The fourth-order valence-electron chi connectivity index (χ4n) is 1.45. The molecule has 0 radical (unpaired) electrons. The predicted octanol–water partition coefficient (Wildman–Crippen LogP) is 1.71. The minimum absolute atomic E-state index is 0.195. The highest BCUT2D eigenvalue weighted by Crippen LogP contribution is 2.24. The summed E-state index contributed by atoms with van der Waals surface area (Å²) in [6, 6.07) is 3.95. The molecule has 0 saturated heterocycles. The maximum absolute atomic E-state index is 13.7. The second-order valence-corrected chi connectivity index (χ2v) is 6.26. The van der Waals surface area contributed by atoms with Gasteiger partial charge in [-0.15, -0.1) is 0 Å². The van der Waals surface area contributed by atoms with Crippen LogP contribution in [0.5, 0.6) is 0 Å². The van der Waals surface area contributed by atoms with Crippen molar-refractivity contribution in [3.63, 3.8) is 0 Å². The summed E-state index contributed by atoms with van der Waals surface area (Å²) >= 11 is 5.58. The van der Waals surface area contributed by atoms with Gasteiger partial charge in [0.25, 0.3) is 0 Å². The Balaban J connectivity index is 2.95. The van der Waals surface area contributed by atoms with Gasteiger partial charge < -0.3 is 5.32 Å². The van der Waals surface area contributed by atoms with Crippen molar-refractivity contribution in [1.82, 2.24) is 9.62 Å². The molecule has 0 saturated carbocycles. The Labute approximate surface area is 112 Å². The Hall–Kier alpha value is -0.690. The normalized spacial score (nSPS) is 12.1. The number of hydrogen-bond donors (Lipinski definition) is 1. The molecule has 1 rings (SSSR count). The van der Waals surface area contributed by atoms with E-state index in [9.17, 15) is 12.8 Å². The summed E-state index contributed by atoms with van der Waals surface area (Å²) < 4.78 is 39.0. The zero-order valence-electron chi connectivity index (χ0n) is 10.3. The van der Waals surface area contributed by atoms with Gasteiger partial charge >= 0.3 is 0 Å². The quantitative estimate of drug-likeness (QED) is 0.813. The van der Waals surface area contributed by atoms with Crippen LogP contribution in [0, 0.1) is 5.82 Å². The van der Waals surface area contributed by atoms with Gasteiger partial charge in [-0.05, 0) is 32.1 Å². The zero-order chi connectivity index (χ0) is 13.8. The highest BCUT2D eigenvalue weighted by Gasteiger charge is 2.25. The summed E-state index contributed by atoms with van der Waals surface area (Å²) in [7, 11) is -0.622. The summed E-state index contributed by atoms with van der Waals surface area (Å²) in [4.78, 5) is -0.387. The Morgan fingerprint density at radius 2 is 2.11 bits per heavy atom. The van der Waals surface area contributed by atoms with E-state index in [0.717, 1.165) is 4.31 Å². The lowest BCUT2D eigenvalue weighted by Crippen LogP contribution is -2.30. The molecule has 1 N–H and O–H groups in total. The van der Waals surface area contributed by atoms with Gasteiger partial charge in [-0.2, -0.15) is 0 Å². The minimum atomic E-state index is -3.83. The van der Waals surface area contributed by atoms with Crippen molar-refractivity contribution in [1.29, 1.82) is 0 Å². The average Bonchev–Trinajstić information content (AvgIpc) is 2.32. The number of halogens is 2. The smallest absolute Gasteiger partial charge is 0.245 e. The van der Waals surface area contributed by atoms with Gasteiger partial charge in [0, 0.05) is 13.6 Å². The Morgan fingerprint density at radius 1 is 1.44 bits per heavy atom. The lowest BCUT2D eigenvalue weighted by molar-refractivity contribution is 0.452. The third-order valence-corrected chi connectivity index (χ3v) is 4.67. The van der Waals surface area contributed by atoms with Crippen molar-refractivity contribution in [2.24, 2.45) is 0 Å². The highest BCUT2D eigenvalue weighted by molar-refractivity contribution is 7.89. The van der Waals surface area contributed by atoms with Gasteiger partial charge in [-0.3, -0.25) is 0 Å². The van der Waals surface area contributed by atoms with Crippen LogP contribution < -0.4 is 5.32 Å². The number of nitrogens with one attached hydrogen (secondary N) is 1. The second-order valence-electron chi connectivity index (χ2n) is 3.84. The van der Waals surface area contributed by atoms with E-state index in [0.29, 0.717) is 19.5 Å². The molecule has 0 fully saturated rings. The molecule has 0 spiro atoms. The van der Waals surface area contributed by atoms with Gasteiger partial charge in [-0.25, -0.2) is 17.1 Å². The predicted molar refractivity (Wildman–Crippen MR) is 69.8 cm³/mol. The van der Waals surface area contributed by atoms with Gasteiger partial charge in [-0.1, -0.05) is 17.7 Å². The molecule has 1 aromatic carbocycles. The van der Waals surface area contributed by atoms with Crippen molar-refractivity contribution in [2.75, 3.05) is 27.2 Å². The van der Waals surface area contributed by atoms with Crippen molar-refractivity contribution in [3.8, 4) is 0 Å². The van der Waals surface area contributed by atoms with Crippen molar-refractivity contribution in [3.05, 3.63) is 29.0 Å². The number of benzene rings is 1. The first-order valence-corrected chi connectivity index (χ1v) is 7.28. The van der Waals surface area contributed by atoms with Gasteiger partial charge in [0.1, 0.15) is 4.90 Å². The molecule has 0 aliphatic rings. The van der Waals surface area contributed by atoms with Gasteiger partial charge in [0.2, 0.25) is 10.0 Å². The summed E-state index contributed by atoms with van der Waals surface area (Å²) in [5.74, 6) is -0.903. The summed E-state index contributed by atoms with van der Waals surface area (Å²) in [5.41, 5.74) is 0. The fourth-order valence-corrected chi connectivity index (χ4v) is 2.97. The molecule has 0 atom stereocenters. The van der Waals surface area contributed by atoms with Crippen molar-refractivity contribution >= 4 is 21.6 Å². The second kappa shape index (κ2) is 6.47. The molecule has 0 unspecified atom stereocenters. The van der Waals surface area contributed by atoms with Crippen molar-refractivity contribution < 1.29 is 12.8 Å². The summed E-state index contributed by atoms with van der Waals surface area (Å²) in [5, 5.41) is 2.72. The SMILES string of the molecule is CNCCCN(C)S(=O)(=O)c1cccc(Cl)c1F. The number of sulfonamides is 1. The first kappa shape index (κ1) is 15.4. The van der Waals surface area contributed by atoms with Crippen LogP contribution in [-0.4, -0.2) is 39.9 Å². The molecule has 4 nitrogen and oxygen atoms in total. The van der Waals surface area contributed by atoms with Crippen LogP contribution in [0.3, 0.4) is 0 Å². The van der Waals surface area contributed by atoms with E-state index in [-0.39, 0.29) is 9.92 Å². The molecule has 1 aromatic rings. The van der Waals surface area contributed by atoms with Gasteiger partial charge in [0.15, 0.2) is 5.82 Å². The molecule has 0 aliphatic heterocycles. The number of hydrogen-bond acceptors (Lipinski definition) is 3. The Morgan fingerprint density at radius 3 is 2.72 bits per heavy atom. The number of rotatable bonds is 6. The van der Waals surface area contributed by atoms with Crippen LogP contribution in [0.25, 0.3) is 0 Å². The van der Waals surface area contributed by atoms with E-state index in [1.807, 2.05) is 0 Å². The standard InChI is InChI=1S/C11H16ClFN2O2S/c1-14-7-4-8-15(2)18(16,17)10-6-3-5-9(12)11(10)13/h3,5-6,14H,4,7-8H2,1-2H3. The average molecular weight is 295 g/mol. The first-order valence-electron chi connectivity index (χ1n) is 5.46. The van der Waals surface area contributed by atoms with E-state index in [2.05, 4.69) is 5.32 Å². The van der Waals surface area contributed by atoms with E-state index >= 15 is 0 Å². The summed E-state index contributed by atoms with van der Waals surface area (Å²) in [6.45, 7) is 1.01. The van der Waals surface area contributed by atoms with E-state index in [1.54, 1.807) is 7.05 Å². The van der Waals surface area contributed by atoms with Crippen LogP contribution >= 0.6 is 11.6 Å².